The zero-order valence-corrected chi connectivity index (χ0v) is 11.0. The van der Waals surface area contributed by atoms with Crippen LogP contribution in [0.3, 0.4) is 0 Å². The quantitative estimate of drug-likeness (QED) is 0.739. The lowest BCUT2D eigenvalue weighted by atomic mass is 10.1. The molecule has 2 heterocycles. The highest BCUT2D eigenvalue weighted by Crippen LogP contribution is 2.10. The van der Waals surface area contributed by atoms with Gasteiger partial charge in [-0.15, -0.1) is 0 Å². The van der Waals surface area contributed by atoms with Crippen molar-refractivity contribution in [3.8, 4) is 0 Å². The fraction of sp³-hybridized carbons (Fsp3) is 0.500. The summed E-state index contributed by atoms with van der Waals surface area (Å²) in [5.41, 5.74) is 0.404. The van der Waals surface area contributed by atoms with Crippen LogP contribution >= 0.6 is 0 Å². The Morgan fingerprint density at radius 1 is 1.37 bits per heavy atom. The highest BCUT2D eigenvalue weighted by atomic mass is 16.2. The van der Waals surface area contributed by atoms with Crippen molar-refractivity contribution in [2.75, 3.05) is 33.7 Å². The van der Waals surface area contributed by atoms with Gasteiger partial charge in [-0.05, 0) is 0 Å². The van der Waals surface area contributed by atoms with Gasteiger partial charge < -0.3 is 15.1 Å². The van der Waals surface area contributed by atoms with Gasteiger partial charge in [-0.25, -0.2) is 9.97 Å². The average Bonchev–Trinajstić information content (AvgIpc) is 2.46. The molecule has 1 fully saturated rings. The van der Waals surface area contributed by atoms with Crippen molar-refractivity contribution in [2.24, 2.45) is 0 Å². The second-order valence-electron chi connectivity index (χ2n) is 4.58. The van der Waals surface area contributed by atoms with Crippen LogP contribution in [0.15, 0.2) is 18.7 Å². The van der Waals surface area contributed by atoms with Gasteiger partial charge in [0.1, 0.15) is 12.4 Å². The van der Waals surface area contributed by atoms with Gasteiger partial charge in [0.15, 0.2) is 0 Å². The minimum atomic E-state index is -0.476. The van der Waals surface area contributed by atoms with Crippen molar-refractivity contribution in [3.05, 3.63) is 24.3 Å². The van der Waals surface area contributed by atoms with Crippen molar-refractivity contribution >= 4 is 11.8 Å². The normalized spacial score (nSPS) is 19.1. The van der Waals surface area contributed by atoms with Gasteiger partial charge in [0.2, 0.25) is 5.91 Å². The lowest BCUT2D eigenvalue weighted by Gasteiger charge is -2.36. The summed E-state index contributed by atoms with van der Waals surface area (Å²) < 4.78 is 0. The van der Waals surface area contributed by atoms with E-state index in [1.165, 1.54) is 23.6 Å². The highest BCUT2D eigenvalue weighted by Gasteiger charge is 2.33. The van der Waals surface area contributed by atoms with Gasteiger partial charge in [-0.2, -0.15) is 0 Å². The standard InChI is InChI=1S/C12H17N5O2/c1-16(2)12(19)10-7-13-3-4-17(10)11(18)9-5-14-8-15-6-9/h5-6,8,10,13H,3-4,7H2,1-2H3. The SMILES string of the molecule is CN(C)C(=O)C1CNCCN1C(=O)c1cncnc1. The van der Waals surface area contributed by atoms with Gasteiger partial charge in [0.25, 0.3) is 5.91 Å². The lowest BCUT2D eigenvalue weighted by Crippen LogP contribution is -2.59. The predicted molar refractivity (Wildman–Crippen MR) is 68.4 cm³/mol. The van der Waals surface area contributed by atoms with Crippen LogP contribution < -0.4 is 5.32 Å². The van der Waals surface area contributed by atoms with Crippen molar-refractivity contribution in [3.63, 3.8) is 0 Å². The van der Waals surface area contributed by atoms with Crippen molar-refractivity contribution in [1.82, 2.24) is 25.1 Å². The Kier molecular flexibility index (Phi) is 4.06. The third-order valence-corrected chi connectivity index (χ3v) is 3.04. The molecule has 1 atom stereocenters. The van der Waals surface area contributed by atoms with E-state index in [2.05, 4.69) is 15.3 Å². The fourth-order valence-corrected chi connectivity index (χ4v) is 2.04. The maximum Gasteiger partial charge on any atom is 0.257 e. The molecule has 2 amide bonds. The summed E-state index contributed by atoms with van der Waals surface area (Å²) in [5, 5.41) is 3.13. The fourth-order valence-electron chi connectivity index (χ4n) is 2.04. The summed E-state index contributed by atoms with van der Waals surface area (Å²) in [7, 11) is 3.37. The van der Waals surface area contributed by atoms with Crippen molar-refractivity contribution in [2.45, 2.75) is 6.04 Å². The van der Waals surface area contributed by atoms with Gasteiger partial charge in [-0.1, -0.05) is 0 Å². The molecule has 1 aliphatic heterocycles. The molecule has 7 heteroatoms. The number of hydrogen-bond donors (Lipinski definition) is 1. The number of rotatable bonds is 2. The van der Waals surface area contributed by atoms with Gasteiger partial charge in [-0.3, -0.25) is 9.59 Å². The molecular weight excluding hydrogens is 246 g/mol. The molecule has 102 valence electrons. The van der Waals surface area contributed by atoms with E-state index in [1.54, 1.807) is 19.0 Å². The van der Waals surface area contributed by atoms with E-state index in [0.29, 0.717) is 25.2 Å². The number of piperazine rings is 1. The Bertz CT molecular complexity index is 462. The molecule has 2 rings (SSSR count). The van der Waals surface area contributed by atoms with Gasteiger partial charge >= 0.3 is 0 Å². The van der Waals surface area contributed by atoms with E-state index in [0.717, 1.165) is 0 Å². The first kappa shape index (κ1) is 13.4. The first-order valence-electron chi connectivity index (χ1n) is 6.09. The molecule has 0 aliphatic carbocycles. The van der Waals surface area contributed by atoms with Crippen LogP contribution in [-0.4, -0.2) is 71.4 Å². The van der Waals surface area contributed by atoms with Crippen LogP contribution in [-0.2, 0) is 4.79 Å². The van der Waals surface area contributed by atoms with E-state index in [9.17, 15) is 9.59 Å². The molecule has 0 saturated carbocycles. The molecule has 1 saturated heterocycles. The summed E-state index contributed by atoms with van der Waals surface area (Å²) in [5.74, 6) is -0.292. The second kappa shape index (κ2) is 5.75. The zero-order valence-electron chi connectivity index (χ0n) is 11.0. The first-order valence-corrected chi connectivity index (χ1v) is 6.09. The smallest absolute Gasteiger partial charge is 0.257 e. The van der Waals surface area contributed by atoms with E-state index in [1.807, 2.05) is 0 Å². The Morgan fingerprint density at radius 2 is 2.05 bits per heavy atom. The Hall–Kier alpha value is -2.02. The minimum absolute atomic E-state index is 0.0857. The Morgan fingerprint density at radius 3 is 2.68 bits per heavy atom. The molecule has 1 aromatic heterocycles. The Balaban J connectivity index is 2.20. The number of hydrogen-bond acceptors (Lipinski definition) is 5. The summed E-state index contributed by atoms with van der Waals surface area (Å²) in [6.07, 6.45) is 4.31. The maximum absolute atomic E-state index is 12.4. The van der Waals surface area contributed by atoms with Crippen molar-refractivity contribution < 1.29 is 9.59 Å². The third-order valence-electron chi connectivity index (χ3n) is 3.04. The van der Waals surface area contributed by atoms with E-state index >= 15 is 0 Å². The molecule has 0 aromatic carbocycles. The van der Waals surface area contributed by atoms with Crippen LogP contribution in [0, 0.1) is 0 Å². The molecular formula is C12H17N5O2. The van der Waals surface area contributed by atoms with E-state index in [-0.39, 0.29) is 11.8 Å². The summed E-state index contributed by atoms with van der Waals surface area (Å²) >= 11 is 0. The maximum atomic E-state index is 12.4. The van der Waals surface area contributed by atoms with Crippen LogP contribution in [0.1, 0.15) is 10.4 Å². The Labute approximate surface area is 111 Å². The number of amides is 2. The average molecular weight is 263 g/mol. The number of likely N-dealkylation sites (N-methyl/N-ethyl adjacent to an activating group) is 1. The molecule has 1 aliphatic rings. The van der Waals surface area contributed by atoms with Crippen LogP contribution in [0.25, 0.3) is 0 Å². The lowest BCUT2D eigenvalue weighted by molar-refractivity contribution is -0.134. The highest BCUT2D eigenvalue weighted by molar-refractivity contribution is 5.97. The van der Waals surface area contributed by atoms with Gasteiger partial charge in [0, 0.05) is 46.1 Å². The monoisotopic (exact) mass is 263 g/mol. The second-order valence-corrected chi connectivity index (χ2v) is 4.58. The van der Waals surface area contributed by atoms with E-state index in [4.69, 9.17) is 0 Å². The largest absolute Gasteiger partial charge is 0.347 e. The van der Waals surface area contributed by atoms with Crippen LogP contribution in [0.4, 0.5) is 0 Å². The molecule has 0 spiro atoms. The predicted octanol–water partition coefficient (Wildman–Crippen LogP) is -1.02. The molecule has 1 N–H and O–H groups in total. The number of nitrogens with zero attached hydrogens (tertiary/aromatic N) is 4. The van der Waals surface area contributed by atoms with Crippen LogP contribution in [0.5, 0.6) is 0 Å². The number of aromatic nitrogens is 2. The summed E-state index contributed by atoms with van der Waals surface area (Å²) in [6.45, 7) is 1.64. The van der Waals surface area contributed by atoms with Crippen LogP contribution in [0.2, 0.25) is 0 Å². The molecule has 19 heavy (non-hydrogen) atoms. The van der Waals surface area contributed by atoms with E-state index < -0.39 is 6.04 Å². The number of carbonyl (C=O) groups excluding carboxylic acids is 2. The summed E-state index contributed by atoms with van der Waals surface area (Å²) in [4.78, 5) is 35.2. The molecule has 7 nitrogen and oxygen atoms in total. The molecule has 1 aromatic rings. The minimum Gasteiger partial charge on any atom is -0.347 e. The molecule has 0 radical (unpaired) electrons. The number of nitrogens with one attached hydrogen (secondary N) is 1. The molecule has 1 unspecified atom stereocenters. The molecule has 0 bridgehead atoms. The first-order chi connectivity index (χ1) is 9.11. The zero-order chi connectivity index (χ0) is 13.8. The topological polar surface area (TPSA) is 78.4 Å². The summed E-state index contributed by atoms with van der Waals surface area (Å²) in [6, 6.07) is -0.476. The van der Waals surface area contributed by atoms with Gasteiger partial charge in [0.05, 0.1) is 5.56 Å². The third kappa shape index (κ3) is 2.87. The number of carbonyl (C=O) groups is 2. The van der Waals surface area contributed by atoms with Crippen molar-refractivity contribution in [1.29, 1.82) is 0 Å².